The van der Waals surface area contributed by atoms with Gasteiger partial charge >= 0.3 is 21.7 Å². The Morgan fingerprint density at radius 1 is 0.605 bits per heavy atom. The first-order valence-corrected chi connectivity index (χ1v) is 12.6. The molecule has 0 aliphatic carbocycles. The maximum Gasteiger partial charge on any atom is 2.00 e. The Labute approximate surface area is 258 Å². The molecule has 0 aliphatic rings. The van der Waals surface area contributed by atoms with Crippen molar-refractivity contribution in [1.82, 2.24) is 0 Å². The van der Waals surface area contributed by atoms with E-state index in [0.717, 1.165) is 33.6 Å². The van der Waals surface area contributed by atoms with Gasteiger partial charge in [-0.25, -0.2) is 0 Å². The molecule has 0 bridgehead atoms. The van der Waals surface area contributed by atoms with Crippen LogP contribution < -0.4 is 35.4 Å². The van der Waals surface area contributed by atoms with Gasteiger partial charge in [0.15, 0.2) is 0 Å². The van der Waals surface area contributed by atoms with E-state index in [1.165, 1.54) is 0 Å². The summed E-state index contributed by atoms with van der Waals surface area (Å²) in [7, 11) is 0. The van der Waals surface area contributed by atoms with Crippen LogP contribution in [0.3, 0.4) is 0 Å². The monoisotopic (exact) mass is 596 g/mol. The van der Waals surface area contributed by atoms with Crippen LogP contribution in [0.25, 0.3) is 0 Å². The molecule has 0 saturated heterocycles. The summed E-state index contributed by atoms with van der Waals surface area (Å²) in [5.41, 5.74) is 10.6. The first-order chi connectivity index (χ1) is 15.7. The van der Waals surface area contributed by atoms with E-state index in [0.29, 0.717) is 0 Å². The normalized spacial score (nSPS) is 12.0. The summed E-state index contributed by atoms with van der Waals surface area (Å²) in [5.74, 6) is -0.932. The molecule has 7 heteroatoms. The molecule has 0 saturated carbocycles. The number of para-hydroxylation sites is 2. The zero-order chi connectivity index (χ0) is 27.1. The molecule has 2 aromatic rings. The van der Waals surface area contributed by atoms with Crippen LogP contribution in [0.2, 0.25) is 0 Å². The van der Waals surface area contributed by atoms with E-state index in [2.05, 4.69) is 119 Å². The first-order valence-electron chi connectivity index (χ1n) is 12.6. The van der Waals surface area contributed by atoms with Gasteiger partial charge in [0.05, 0.1) is 11.4 Å². The fourth-order valence-electron chi connectivity index (χ4n) is 4.58. The molecule has 2 N–H and O–H groups in total. The molecule has 0 aliphatic heterocycles. The molecular weight excluding hydrogens is 551 g/mol. The number of carbonyl (C=O) groups excluding carboxylic acids is 2. The minimum Gasteiger partial charge on any atom is -1.00 e. The Morgan fingerprint density at radius 2 is 0.842 bits per heavy atom. The molecule has 0 aromatic heterocycles. The molecule has 2 amide bonds. The number of halogens is 2. The number of amides is 2. The van der Waals surface area contributed by atoms with Crippen LogP contribution in [0.5, 0.6) is 0 Å². The van der Waals surface area contributed by atoms with E-state index in [1.807, 2.05) is 4.90 Å². The smallest absolute Gasteiger partial charge is 1.00 e. The number of hydrogen-bond donors (Lipinski definition) is 1. The van der Waals surface area contributed by atoms with Crippen LogP contribution in [0.4, 0.5) is 11.4 Å². The molecule has 0 spiro atoms. The minimum atomic E-state index is -0.629. The fourth-order valence-corrected chi connectivity index (χ4v) is 4.58. The summed E-state index contributed by atoms with van der Waals surface area (Å²) in [6.45, 7) is 25.9. The Kier molecular flexibility index (Phi) is 13.6. The largest absolute Gasteiger partial charge is 2.00 e. The zero-order valence-electron chi connectivity index (χ0n) is 25.3. The van der Waals surface area contributed by atoms with Crippen molar-refractivity contribution in [3.8, 4) is 0 Å². The van der Waals surface area contributed by atoms with Crippen molar-refractivity contribution in [2.24, 2.45) is 5.73 Å². The Hall–Kier alpha value is -1.33. The Bertz CT molecular complexity index is 979. The maximum atomic E-state index is 14.1. The van der Waals surface area contributed by atoms with Gasteiger partial charge in [-0.3, -0.25) is 14.5 Å². The van der Waals surface area contributed by atoms with Crippen molar-refractivity contribution in [2.45, 2.75) is 111 Å². The van der Waals surface area contributed by atoms with Crippen LogP contribution in [0.1, 0.15) is 112 Å². The third-order valence-electron chi connectivity index (χ3n) is 6.33. The van der Waals surface area contributed by atoms with Gasteiger partial charge in [-0.05, 0) is 43.9 Å². The van der Waals surface area contributed by atoms with Gasteiger partial charge in [0.25, 0.3) is 0 Å². The molecule has 4 nitrogen and oxygen atoms in total. The number of hydrogen-bond acceptors (Lipinski definition) is 2. The molecule has 2 rings (SSSR count). The van der Waals surface area contributed by atoms with Gasteiger partial charge in [-0.15, -0.1) is 0 Å². The van der Waals surface area contributed by atoms with Gasteiger partial charge in [-0.1, -0.05) is 119 Å². The minimum absolute atomic E-state index is 0. The number of nitrogens with two attached hydrogens (primary N) is 1. The van der Waals surface area contributed by atoms with Crippen LogP contribution in [0.15, 0.2) is 36.4 Å². The van der Waals surface area contributed by atoms with Crippen molar-refractivity contribution in [3.05, 3.63) is 58.7 Å². The Balaban J connectivity index is 0. The van der Waals surface area contributed by atoms with E-state index in [-0.39, 0.29) is 80.5 Å². The average Bonchev–Trinajstić information content (AvgIpc) is 2.64. The van der Waals surface area contributed by atoms with Crippen LogP contribution in [0, 0.1) is 0 Å². The second-order valence-corrected chi connectivity index (χ2v) is 13.8. The number of primary amides is 1. The Morgan fingerprint density at radius 3 is 1.03 bits per heavy atom. The van der Waals surface area contributed by atoms with Crippen LogP contribution in [-0.2, 0) is 53.0 Å². The summed E-state index contributed by atoms with van der Waals surface area (Å²) in [6, 6.07) is 12.6. The summed E-state index contributed by atoms with van der Waals surface area (Å²) in [4.78, 5) is 28.0. The van der Waals surface area contributed by atoms with Crippen molar-refractivity contribution in [1.29, 1.82) is 0 Å². The number of rotatable bonds is 4. The van der Waals surface area contributed by atoms with Gasteiger partial charge < -0.3 is 30.5 Å². The SMILES string of the molecule is CC(C)(C)c1cccc(C(C)(C)C)c1N(C(=O)CC(N)=O)c1c(C(C)(C)C)cccc1C(C)(C)C.[Cl-].[Cl-].[Ti+2]. The second kappa shape index (κ2) is 13.4. The molecule has 210 valence electrons. The zero-order valence-corrected chi connectivity index (χ0v) is 28.3. The van der Waals surface area contributed by atoms with Gasteiger partial charge in [0.2, 0.25) is 11.8 Å². The standard InChI is InChI=1S/C31H46N2O2.2ClH.Ti/c1-28(2,3)20-15-13-16-21(29(4,5)6)26(20)33(25(35)19-24(32)34)27-22(30(7,8)9)17-14-18-23(27)31(10,11)12;;;/h13-18H,19H2,1-12H3,(H2,32,34);2*1H;/q;;;+2/p-2. The molecule has 0 radical (unpaired) electrons. The van der Waals surface area contributed by atoms with Crippen molar-refractivity contribution in [3.63, 3.8) is 0 Å². The molecule has 2 aromatic carbocycles. The molecular formula is C31H46Cl2N2O2Ti. The molecule has 0 atom stereocenters. The topological polar surface area (TPSA) is 63.4 Å². The fraction of sp³-hybridized carbons (Fsp3) is 0.548. The second-order valence-electron chi connectivity index (χ2n) is 13.8. The van der Waals surface area contributed by atoms with Crippen LogP contribution >= 0.6 is 0 Å². The van der Waals surface area contributed by atoms with Gasteiger partial charge in [0, 0.05) is 0 Å². The maximum absolute atomic E-state index is 14.1. The molecule has 0 heterocycles. The molecule has 0 unspecified atom stereocenters. The number of nitrogens with zero attached hydrogens (tertiary/aromatic N) is 1. The van der Waals surface area contributed by atoms with Crippen LogP contribution in [-0.4, -0.2) is 11.8 Å². The van der Waals surface area contributed by atoms with E-state index < -0.39 is 5.91 Å². The predicted molar refractivity (Wildman–Crippen MR) is 149 cm³/mol. The van der Waals surface area contributed by atoms with Crippen molar-refractivity contribution >= 4 is 23.2 Å². The van der Waals surface area contributed by atoms with Crippen molar-refractivity contribution in [2.75, 3.05) is 4.90 Å². The predicted octanol–water partition coefficient (Wildman–Crippen LogP) is 1.42. The molecule has 38 heavy (non-hydrogen) atoms. The summed E-state index contributed by atoms with van der Waals surface area (Å²) < 4.78 is 0. The van der Waals surface area contributed by atoms with E-state index in [1.54, 1.807) is 0 Å². The van der Waals surface area contributed by atoms with E-state index in [9.17, 15) is 9.59 Å². The van der Waals surface area contributed by atoms with Gasteiger partial charge in [0.1, 0.15) is 6.42 Å². The third-order valence-corrected chi connectivity index (χ3v) is 6.33. The van der Waals surface area contributed by atoms with Crippen molar-refractivity contribution < 1.29 is 56.1 Å². The van der Waals surface area contributed by atoms with E-state index in [4.69, 9.17) is 5.73 Å². The number of carbonyl (C=O) groups is 2. The molecule has 0 fully saturated rings. The summed E-state index contributed by atoms with van der Waals surface area (Å²) in [5, 5.41) is 0. The number of anilines is 2. The summed E-state index contributed by atoms with van der Waals surface area (Å²) in [6.07, 6.45) is -0.357. The first kappa shape index (κ1) is 38.8. The third kappa shape index (κ3) is 8.84. The quantitative estimate of drug-likeness (QED) is 0.429. The summed E-state index contributed by atoms with van der Waals surface area (Å²) >= 11 is 0. The van der Waals surface area contributed by atoms with E-state index >= 15 is 0 Å². The average molecular weight is 597 g/mol. The number of benzene rings is 2. The van der Waals surface area contributed by atoms with Gasteiger partial charge in [-0.2, -0.15) is 0 Å².